The van der Waals surface area contributed by atoms with Gasteiger partial charge >= 0.3 is 0 Å². The van der Waals surface area contributed by atoms with Gasteiger partial charge in [0.05, 0.1) is 0 Å². The Morgan fingerprint density at radius 1 is 0.636 bits per heavy atom. The SMILES string of the molecule is CC(C)(N=NC(C)(C)N1CCCCCN1)N1CCCCCN1. The predicted molar refractivity (Wildman–Crippen MR) is 90.1 cm³/mol. The van der Waals surface area contributed by atoms with Crippen molar-refractivity contribution in [2.45, 2.75) is 77.5 Å². The predicted octanol–water partition coefficient (Wildman–Crippen LogP) is 2.89. The molecule has 6 heteroatoms. The van der Waals surface area contributed by atoms with Gasteiger partial charge in [-0.1, -0.05) is 12.8 Å². The molecule has 0 aliphatic carbocycles. The lowest BCUT2D eigenvalue weighted by Crippen LogP contribution is -2.53. The summed E-state index contributed by atoms with van der Waals surface area (Å²) in [5, 5.41) is 13.9. The molecule has 0 aromatic heterocycles. The Morgan fingerprint density at radius 3 is 1.45 bits per heavy atom. The summed E-state index contributed by atoms with van der Waals surface area (Å²) in [5.41, 5.74) is 6.37. The molecule has 0 amide bonds. The molecular weight excluding hydrogens is 276 g/mol. The molecule has 128 valence electrons. The molecular formula is C16H34N6. The third kappa shape index (κ3) is 4.98. The topological polar surface area (TPSA) is 55.3 Å². The lowest BCUT2D eigenvalue weighted by Gasteiger charge is -2.37. The lowest BCUT2D eigenvalue weighted by atomic mass is 10.2. The number of hydrogen-bond acceptors (Lipinski definition) is 6. The van der Waals surface area contributed by atoms with Gasteiger partial charge in [0.2, 0.25) is 0 Å². The fraction of sp³-hybridized carbons (Fsp3) is 1.00. The Balaban J connectivity index is 2.00. The molecule has 0 aromatic carbocycles. The summed E-state index contributed by atoms with van der Waals surface area (Å²) in [6.45, 7) is 12.7. The molecule has 0 atom stereocenters. The highest BCUT2D eigenvalue weighted by Crippen LogP contribution is 2.23. The summed E-state index contributed by atoms with van der Waals surface area (Å²) in [4.78, 5) is 0. The first kappa shape index (κ1) is 17.8. The standard InChI is InChI=1S/C16H34N6/c1-15(2,21-13-9-5-7-11-17-21)19-20-16(3,4)22-14-10-6-8-12-18-22/h17-18H,5-14H2,1-4H3. The average molecular weight is 310 g/mol. The molecule has 6 nitrogen and oxygen atoms in total. The maximum atomic E-state index is 4.71. The number of rotatable bonds is 4. The molecule has 2 aliphatic rings. The van der Waals surface area contributed by atoms with Gasteiger partial charge < -0.3 is 0 Å². The minimum absolute atomic E-state index is 0.312. The van der Waals surface area contributed by atoms with Crippen LogP contribution >= 0.6 is 0 Å². The van der Waals surface area contributed by atoms with Gasteiger partial charge in [-0.2, -0.15) is 10.2 Å². The summed E-state index contributed by atoms with van der Waals surface area (Å²) in [5.74, 6) is 0. The van der Waals surface area contributed by atoms with Crippen molar-refractivity contribution < 1.29 is 0 Å². The van der Waals surface area contributed by atoms with Gasteiger partial charge in [-0.3, -0.25) is 10.9 Å². The van der Waals surface area contributed by atoms with E-state index in [0.29, 0.717) is 0 Å². The summed E-state index contributed by atoms with van der Waals surface area (Å²) < 4.78 is 0. The minimum atomic E-state index is -0.312. The Bertz CT molecular complexity index is 316. The fourth-order valence-electron chi connectivity index (χ4n) is 3.02. The first-order chi connectivity index (χ1) is 10.4. The molecule has 0 aromatic rings. The highest BCUT2D eigenvalue weighted by Gasteiger charge is 2.31. The van der Waals surface area contributed by atoms with Gasteiger partial charge in [0.15, 0.2) is 0 Å². The van der Waals surface area contributed by atoms with E-state index in [9.17, 15) is 0 Å². The molecule has 2 aliphatic heterocycles. The second-order valence-electron chi connectivity index (χ2n) is 7.43. The first-order valence-electron chi connectivity index (χ1n) is 8.88. The number of hydrazine groups is 2. The van der Waals surface area contributed by atoms with Crippen LogP contribution in [0.2, 0.25) is 0 Å². The molecule has 0 radical (unpaired) electrons. The van der Waals surface area contributed by atoms with E-state index in [2.05, 4.69) is 48.6 Å². The average Bonchev–Trinajstić information content (AvgIpc) is 2.90. The van der Waals surface area contributed by atoms with Crippen LogP contribution in [0.25, 0.3) is 0 Å². The smallest absolute Gasteiger partial charge is 0.140 e. The van der Waals surface area contributed by atoms with Crippen LogP contribution in [-0.4, -0.2) is 47.5 Å². The van der Waals surface area contributed by atoms with Gasteiger partial charge in [-0.25, -0.2) is 10.0 Å². The highest BCUT2D eigenvalue weighted by molar-refractivity contribution is 4.81. The number of hydrogen-bond donors (Lipinski definition) is 2. The molecule has 0 bridgehead atoms. The molecule has 22 heavy (non-hydrogen) atoms. The molecule has 2 heterocycles. The summed E-state index contributed by atoms with van der Waals surface area (Å²) in [6.07, 6.45) is 7.52. The lowest BCUT2D eigenvalue weighted by molar-refractivity contribution is 0.0393. The van der Waals surface area contributed by atoms with Gasteiger partial charge in [0.25, 0.3) is 0 Å². The monoisotopic (exact) mass is 310 g/mol. The van der Waals surface area contributed by atoms with Crippen molar-refractivity contribution in [2.24, 2.45) is 10.2 Å². The Morgan fingerprint density at radius 2 is 1.05 bits per heavy atom. The van der Waals surface area contributed by atoms with Crippen LogP contribution in [0, 0.1) is 0 Å². The van der Waals surface area contributed by atoms with Crippen LogP contribution in [0.4, 0.5) is 0 Å². The van der Waals surface area contributed by atoms with E-state index in [0.717, 1.165) is 26.2 Å². The van der Waals surface area contributed by atoms with Crippen LogP contribution in [0.15, 0.2) is 10.2 Å². The quantitative estimate of drug-likeness (QED) is 0.784. The van der Waals surface area contributed by atoms with Gasteiger partial charge in [0.1, 0.15) is 11.3 Å². The number of nitrogens with one attached hydrogen (secondary N) is 2. The van der Waals surface area contributed by atoms with Crippen LogP contribution < -0.4 is 10.9 Å². The van der Waals surface area contributed by atoms with Gasteiger partial charge in [-0.15, -0.1) is 0 Å². The van der Waals surface area contributed by atoms with Crippen molar-refractivity contribution in [3.8, 4) is 0 Å². The largest absolute Gasteiger partial charge is 0.253 e. The van der Waals surface area contributed by atoms with Crippen LogP contribution in [-0.2, 0) is 0 Å². The summed E-state index contributed by atoms with van der Waals surface area (Å²) >= 11 is 0. The van der Waals surface area contributed by atoms with Crippen molar-refractivity contribution in [2.75, 3.05) is 26.2 Å². The molecule has 0 unspecified atom stereocenters. The fourth-order valence-corrected chi connectivity index (χ4v) is 3.02. The molecule has 2 rings (SSSR count). The third-order valence-electron chi connectivity index (χ3n) is 4.58. The zero-order chi connectivity index (χ0) is 16.1. The van der Waals surface area contributed by atoms with Gasteiger partial charge in [-0.05, 0) is 53.4 Å². The molecule has 0 saturated carbocycles. The van der Waals surface area contributed by atoms with E-state index in [1.807, 2.05) is 0 Å². The van der Waals surface area contributed by atoms with E-state index in [-0.39, 0.29) is 11.3 Å². The zero-order valence-corrected chi connectivity index (χ0v) is 14.9. The molecule has 0 spiro atoms. The third-order valence-corrected chi connectivity index (χ3v) is 4.58. The van der Waals surface area contributed by atoms with Crippen molar-refractivity contribution in [3.63, 3.8) is 0 Å². The van der Waals surface area contributed by atoms with E-state index in [1.54, 1.807) is 0 Å². The number of nitrogens with zero attached hydrogens (tertiary/aromatic N) is 4. The normalized spacial score (nSPS) is 24.4. The summed E-state index contributed by atoms with van der Waals surface area (Å²) in [6, 6.07) is 0. The minimum Gasteiger partial charge on any atom is -0.253 e. The van der Waals surface area contributed by atoms with Gasteiger partial charge in [0, 0.05) is 26.2 Å². The second-order valence-corrected chi connectivity index (χ2v) is 7.43. The second kappa shape index (κ2) is 7.81. The number of azo groups is 1. The highest BCUT2D eigenvalue weighted by atomic mass is 15.6. The van der Waals surface area contributed by atoms with Crippen molar-refractivity contribution in [3.05, 3.63) is 0 Å². The van der Waals surface area contributed by atoms with E-state index >= 15 is 0 Å². The van der Waals surface area contributed by atoms with Crippen molar-refractivity contribution in [1.82, 2.24) is 20.9 Å². The first-order valence-corrected chi connectivity index (χ1v) is 8.88. The maximum absolute atomic E-state index is 4.71. The Labute approximate surface area is 135 Å². The zero-order valence-electron chi connectivity index (χ0n) is 14.9. The molecule has 2 fully saturated rings. The molecule has 2 N–H and O–H groups in total. The van der Waals surface area contributed by atoms with E-state index in [1.165, 1.54) is 38.5 Å². The van der Waals surface area contributed by atoms with Crippen LogP contribution in [0.3, 0.4) is 0 Å². The van der Waals surface area contributed by atoms with Crippen LogP contribution in [0.5, 0.6) is 0 Å². The van der Waals surface area contributed by atoms with Crippen LogP contribution in [0.1, 0.15) is 66.2 Å². The van der Waals surface area contributed by atoms with E-state index < -0.39 is 0 Å². The van der Waals surface area contributed by atoms with E-state index in [4.69, 9.17) is 10.2 Å². The van der Waals surface area contributed by atoms with Crippen molar-refractivity contribution >= 4 is 0 Å². The Kier molecular flexibility index (Phi) is 6.32. The maximum Gasteiger partial charge on any atom is 0.140 e. The summed E-state index contributed by atoms with van der Waals surface area (Å²) in [7, 11) is 0. The van der Waals surface area contributed by atoms with Crippen molar-refractivity contribution in [1.29, 1.82) is 0 Å². The molecule has 2 saturated heterocycles. The Hall–Kier alpha value is -0.560.